The zero-order chi connectivity index (χ0) is 11.4. The molecule has 1 heterocycles. The van der Waals surface area contributed by atoms with Crippen LogP contribution in [0.4, 0.5) is 0 Å². The van der Waals surface area contributed by atoms with Gasteiger partial charge in [0.05, 0.1) is 6.61 Å². The third-order valence-corrected chi connectivity index (χ3v) is 3.05. The van der Waals surface area contributed by atoms with Gasteiger partial charge in [-0.3, -0.25) is 0 Å². The average molecular weight is 242 g/mol. The summed E-state index contributed by atoms with van der Waals surface area (Å²) in [6.45, 7) is 3.28. The first-order valence-corrected chi connectivity index (χ1v) is 5.89. The van der Waals surface area contributed by atoms with E-state index in [0.717, 1.165) is 31.7 Å². The Bertz CT molecular complexity index is 351. The van der Waals surface area contributed by atoms with Crippen LogP contribution in [0.1, 0.15) is 12.0 Å². The van der Waals surface area contributed by atoms with Crippen LogP contribution in [0.2, 0.25) is 5.02 Å². The second kappa shape index (κ2) is 5.53. The Morgan fingerprint density at radius 3 is 3.12 bits per heavy atom. The highest BCUT2D eigenvalue weighted by molar-refractivity contribution is 6.30. The molecule has 4 heteroatoms. The van der Waals surface area contributed by atoms with Gasteiger partial charge >= 0.3 is 0 Å². The van der Waals surface area contributed by atoms with Crippen molar-refractivity contribution in [2.75, 3.05) is 19.8 Å². The van der Waals surface area contributed by atoms with Crippen molar-refractivity contribution in [2.45, 2.75) is 13.0 Å². The molecule has 1 aliphatic rings. The fraction of sp³-hybridized carbons (Fsp3) is 0.500. The molecular weight excluding hydrogens is 226 g/mol. The first-order valence-electron chi connectivity index (χ1n) is 5.51. The molecule has 0 aliphatic carbocycles. The van der Waals surface area contributed by atoms with Crippen LogP contribution >= 0.6 is 11.6 Å². The molecule has 1 atom stereocenters. The summed E-state index contributed by atoms with van der Waals surface area (Å²) in [5.74, 6) is 0.890. The van der Waals surface area contributed by atoms with Crippen molar-refractivity contribution in [1.29, 1.82) is 0 Å². The lowest BCUT2D eigenvalue weighted by atomic mass is 10.1. The Labute approximate surface area is 100 Å². The molecular formula is C12H16ClNO2. The highest BCUT2D eigenvalue weighted by Gasteiger charge is 2.14. The number of rotatable bonds is 4. The minimum Gasteiger partial charge on any atom is -0.508 e. The predicted octanol–water partition coefficient (Wildman–Crippen LogP) is 2.17. The number of ether oxygens (including phenoxy) is 1. The van der Waals surface area contributed by atoms with Crippen LogP contribution in [-0.4, -0.2) is 24.9 Å². The van der Waals surface area contributed by atoms with Gasteiger partial charge in [-0.25, -0.2) is 0 Å². The fourth-order valence-corrected chi connectivity index (χ4v) is 2.05. The lowest BCUT2D eigenvalue weighted by Gasteiger charge is -2.10. The van der Waals surface area contributed by atoms with Gasteiger partial charge in [0.2, 0.25) is 0 Å². The lowest BCUT2D eigenvalue weighted by molar-refractivity contribution is 0.185. The van der Waals surface area contributed by atoms with E-state index in [-0.39, 0.29) is 0 Å². The molecule has 3 nitrogen and oxygen atoms in total. The van der Waals surface area contributed by atoms with Crippen LogP contribution < -0.4 is 5.32 Å². The molecule has 1 aromatic carbocycles. The van der Waals surface area contributed by atoms with Gasteiger partial charge in [0.1, 0.15) is 5.75 Å². The topological polar surface area (TPSA) is 41.5 Å². The number of nitrogens with one attached hydrogen (secondary N) is 1. The van der Waals surface area contributed by atoms with E-state index in [1.54, 1.807) is 18.2 Å². The lowest BCUT2D eigenvalue weighted by Crippen LogP contribution is -2.22. The molecule has 1 aliphatic heterocycles. The maximum atomic E-state index is 9.60. The first-order chi connectivity index (χ1) is 7.75. The summed E-state index contributed by atoms with van der Waals surface area (Å²) in [5, 5.41) is 13.6. The van der Waals surface area contributed by atoms with Gasteiger partial charge in [0.25, 0.3) is 0 Å². The summed E-state index contributed by atoms with van der Waals surface area (Å²) >= 11 is 5.86. The molecule has 2 N–H and O–H groups in total. The Hall–Kier alpha value is -0.770. The van der Waals surface area contributed by atoms with Gasteiger partial charge < -0.3 is 15.2 Å². The van der Waals surface area contributed by atoms with E-state index in [9.17, 15) is 5.11 Å². The Morgan fingerprint density at radius 2 is 2.38 bits per heavy atom. The molecule has 88 valence electrons. The summed E-state index contributed by atoms with van der Waals surface area (Å²) in [6.07, 6.45) is 1.12. The molecule has 1 unspecified atom stereocenters. The van der Waals surface area contributed by atoms with E-state index >= 15 is 0 Å². The summed E-state index contributed by atoms with van der Waals surface area (Å²) < 4.78 is 5.29. The molecule has 1 aromatic rings. The van der Waals surface area contributed by atoms with E-state index in [1.165, 1.54) is 0 Å². The second-order valence-electron chi connectivity index (χ2n) is 4.13. The van der Waals surface area contributed by atoms with Crippen LogP contribution in [0.3, 0.4) is 0 Å². The molecule has 1 fully saturated rings. The molecule has 2 rings (SSSR count). The van der Waals surface area contributed by atoms with Crippen LogP contribution in [-0.2, 0) is 11.3 Å². The highest BCUT2D eigenvalue weighted by Crippen LogP contribution is 2.21. The largest absolute Gasteiger partial charge is 0.508 e. The van der Waals surface area contributed by atoms with Crippen molar-refractivity contribution in [1.82, 2.24) is 5.32 Å². The number of phenols is 1. The van der Waals surface area contributed by atoms with E-state index in [1.807, 2.05) is 0 Å². The van der Waals surface area contributed by atoms with Gasteiger partial charge in [-0.2, -0.15) is 0 Å². The van der Waals surface area contributed by atoms with E-state index in [2.05, 4.69) is 5.32 Å². The van der Waals surface area contributed by atoms with Crippen LogP contribution in [0.25, 0.3) is 0 Å². The van der Waals surface area contributed by atoms with E-state index < -0.39 is 0 Å². The number of benzene rings is 1. The second-order valence-corrected chi connectivity index (χ2v) is 4.57. The Morgan fingerprint density at radius 1 is 1.50 bits per heavy atom. The summed E-state index contributed by atoms with van der Waals surface area (Å²) in [4.78, 5) is 0. The van der Waals surface area contributed by atoms with Gasteiger partial charge in [-0.15, -0.1) is 0 Å². The monoisotopic (exact) mass is 241 g/mol. The SMILES string of the molecule is Oc1ccc(Cl)cc1CNCC1CCOC1. The summed E-state index contributed by atoms with van der Waals surface area (Å²) in [6, 6.07) is 5.10. The first kappa shape index (κ1) is 11.7. The minimum absolute atomic E-state index is 0.291. The van der Waals surface area contributed by atoms with Gasteiger partial charge in [-0.05, 0) is 30.5 Å². The normalized spacial score (nSPS) is 20.2. The molecule has 16 heavy (non-hydrogen) atoms. The van der Waals surface area contributed by atoms with Gasteiger partial charge in [0.15, 0.2) is 0 Å². The molecule has 0 amide bonds. The van der Waals surface area contributed by atoms with Crippen LogP contribution in [0.5, 0.6) is 5.75 Å². The molecule has 0 aromatic heterocycles. The molecule has 0 spiro atoms. The fourth-order valence-electron chi connectivity index (χ4n) is 1.85. The van der Waals surface area contributed by atoms with Crippen molar-refractivity contribution < 1.29 is 9.84 Å². The van der Waals surface area contributed by atoms with Crippen molar-refractivity contribution >= 4 is 11.6 Å². The highest BCUT2D eigenvalue weighted by atomic mass is 35.5. The molecule has 1 saturated heterocycles. The van der Waals surface area contributed by atoms with Crippen molar-refractivity contribution in [3.63, 3.8) is 0 Å². The molecule has 0 bridgehead atoms. The third-order valence-electron chi connectivity index (χ3n) is 2.81. The number of halogens is 1. The van der Waals surface area contributed by atoms with Gasteiger partial charge in [0, 0.05) is 30.3 Å². The number of hydrogen-bond acceptors (Lipinski definition) is 3. The zero-order valence-electron chi connectivity index (χ0n) is 9.08. The number of aromatic hydroxyl groups is 1. The summed E-state index contributed by atoms with van der Waals surface area (Å²) in [7, 11) is 0. The Balaban J connectivity index is 1.82. The molecule has 0 saturated carbocycles. The van der Waals surface area contributed by atoms with Crippen LogP contribution in [0.15, 0.2) is 18.2 Å². The minimum atomic E-state index is 0.291. The Kier molecular flexibility index (Phi) is 4.04. The van der Waals surface area contributed by atoms with Crippen molar-refractivity contribution in [3.8, 4) is 5.75 Å². The van der Waals surface area contributed by atoms with Crippen molar-refractivity contribution in [3.05, 3.63) is 28.8 Å². The van der Waals surface area contributed by atoms with Gasteiger partial charge in [-0.1, -0.05) is 11.6 Å². The van der Waals surface area contributed by atoms with Crippen LogP contribution in [0, 0.1) is 5.92 Å². The maximum absolute atomic E-state index is 9.60. The molecule has 0 radical (unpaired) electrons. The quantitative estimate of drug-likeness (QED) is 0.849. The number of hydrogen-bond donors (Lipinski definition) is 2. The number of phenolic OH excluding ortho intramolecular Hbond substituents is 1. The predicted molar refractivity (Wildman–Crippen MR) is 63.7 cm³/mol. The standard InChI is InChI=1S/C12H16ClNO2/c13-11-1-2-12(15)10(5-11)7-14-6-9-3-4-16-8-9/h1-2,5,9,14-15H,3-4,6-8H2. The third kappa shape index (κ3) is 3.11. The smallest absolute Gasteiger partial charge is 0.120 e. The maximum Gasteiger partial charge on any atom is 0.120 e. The summed E-state index contributed by atoms with van der Waals surface area (Å²) in [5.41, 5.74) is 0.839. The van der Waals surface area contributed by atoms with E-state index in [4.69, 9.17) is 16.3 Å². The van der Waals surface area contributed by atoms with E-state index in [0.29, 0.717) is 23.2 Å². The average Bonchev–Trinajstić information content (AvgIpc) is 2.76. The zero-order valence-corrected chi connectivity index (χ0v) is 9.83. The van der Waals surface area contributed by atoms with Crippen molar-refractivity contribution in [2.24, 2.45) is 5.92 Å².